The maximum atomic E-state index is 7.85. The maximum Gasteiger partial charge on any atom is 0.0347 e. The van der Waals surface area contributed by atoms with Crippen LogP contribution in [-0.2, 0) is 0 Å². The van der Waals surface area contributed by atoms with Crippen molar-refractivity contribution in [3.63, 3.8) is 0 Å². The van der Waals surface area contributed by atoms with Crippen molar-refractivity contribution in [3.05, 3.63) is 87.5 Å². The van der Waals surface area contributed by atoms with E-state index in [0.717, 1.165) is 12.1 Å². The van der Waals surface area contributed by atoms with Crippen LogP contribution in [0.4, 0.5) is 0 Å². The second-order valence-electron chi connectivity index (χ2n) is 5.13. The van der Waals surface area contributed by atoms with Crippen LogP contribution in [0.25, 0.3) is 5.73 Å². The Bertz CT molecular complexity index is 676. The lowest BCUT2D eigenvalue weighted by molar-refractivity contribution is 0.824. The minimum atomic E-state index is 0.323. The molecule has 4 rings (SSSR count). The molecule has 4 aliphatic carbocycles. The van der Waals surface area contributed by atoms with Crippen molar-refractivity contribution >= 4 is 0 Å². The molecule has 0 fully saturated rings. The van der Waals surface area contributed by atoms with Crippen LogP contribution < -0.4 is 5.73 Å². The first-order valence-electron chi connectivity index (χ1n) is 6.17. The molecule has 88 valence electrons. The van der Waals surface area contributed by atoms with Gasteiger partial charge in [-0.25, -0.2) is 0 Å². The van der Waals surface area contributed by atoms with Gasteiger partial charge in [0.05, 0.1) is 0 Å². The third kappa shape index (κ3) is 1.17. The van der Waals surface area contributed by atoms with E-state index in [2.05, 4.69) is 30.4 Å². The molecule has 2 nitrogen and oxygen atoms in total. The van der Waals surface area contributed by atoms with Gasteiger partial charge in [0.1, 0.15) is 0 Å². The zero-order valence-electron chi connectivity index (χ0n) is 9.90. The van der Waals surface area contributed by atoms with Gasteiger partial charge in [-0.05, 0) is 33.9 Å². The van der Waals surface area contributed by atoms with Crippen molar-refractivity contribution in [2.75, 3.05) is 0 Å². The van der Waals surface area contributed by atoms with Crippen LogP contribution in [0.1, 0.15) is 6.42 Å². The van der Waals surface area contributed by atoms with Gasteiger partial charge in [0.15, 0.2) is 0 Å². The standard InChI is InChI=1S/C16H13N2/c17-13-5-9-1-2-10-6-14(18)8-12-4-3-11(7-13)15(9)16(10)12/h1-7,15,17H,8,18H2/q-1. The molecule has 0 radical (unpaired) electrons. The molecule has 0 aliphatic heterocycles. The fourth-order valence-electron chi connectivity index (χ4n) is 3.23. The monoisotopic (exact) mass is 233 g/mol. The molecule has 0 aromatic carbocycles. The largest absolute Gasteiger partial charge is 0.699 e. The molecule has 0 aromatic heterocycles. The summed E-state index contributed by atoms with van der Waals surface area (Å²) < 4.78 is 0. The van der Waals surface area contributed by atoms with Crippen molar-refractivity contribution in [2.24, 2.45) is 11.7 Å². The highest BCUT2D eigenvalue weighted by Crippen LogP contribution is 2.47. The summed E-state index contributed by atoms with van der Waals surface area (Å²) in [6.07, 6.45) is 15.4. The third-order valence-corrected chi connectivity index (χ3v) is 3.92. The Balaban J connectivity index is 2.00. The zero-order valence-corrected chi connectivity index (χ0v) is 9.90. The number of hydrogen-bond acceptors (Lipinski definition) is 1. The summed E-state index contributed by atoms with van der Waals surface area (Å²) >= 11 is 0. The van der Waals surface area contributed by atoms with E-state index < -0.39 is 0 Å². The topological polar surface area (TPSA) is 49.8 Å². The first-order chi connectivity index (χ1) is 8.72. The van der Waals surface area contributed by atoms with Gasteiger partial charge < -0.3 is 11.5 Å². The van der Waals surface area contributed by atoms with Gasteiger partial charge in [-0.15, -0.1) is 5.70 Å². The van der Waals surface area contributed by atoms with Crippen molar-refractivity contribution in [1.82, 2.24) is 0 Å². The van der Waals surface area contributed by atoms with Gasteiger partial charge in [0.25, 0.3) is 0 Å². The predicted molar refractivity (Wildman–Crippen MR) is 73.2 cm³/mol. The molecule has 0 heterocycles. The van der Waals surface area contributed by atoms with E-state index in [1.807, 2.05) is 12.2 Å². The van der Waals surface area contributed by atoms with Gasteiger partial charge in [-0.2, -0.15) is 0 Å². The average Bonchev–Trinajstić information content (AvgIpc) is 2.34. The van der Waals surface area contributed by atoms with Crippen LogP contribution in [-0.4, -0.2) is 0 Å². The van der Waals surface area contributed by atoms with E-state index in [1.54, 1.807) is 0 Å². The molecule has 0 bridgehead atoms. The number of nitrogens with one attached hydrogen (secondary N) is 1. The van der Waals surface area contributed by atoms with E-state index in [9.17, 15) is 0 Å². The maximum absolute atomic E-state index is 7.85. The second-order valence-corrected chi connectivity index (χ2v) is 5.13. The first-order valence-corrected chi connectivity index (χ1v) is 6.17. The number of nitrogens with two attached hydrogens (primary N) is 1. The van der Waals surface area contributed by atoms with Crippen LogP contribution in [0.5, 0.6) is 0 Å². The van der Waals surface area contributed by atoms with E-state index in [4.69, 9.17) is 11.5 Å². The molecule has 3 N–H and O–H groups in total. The summed E-state index contributed by atoms with van der Waals surface area (Å²) in [7, 11) is 0. The molecule has 1 unspecified atom stereocenters. The Kier molecular flexibility index (Phi) is 1.72. The Hall–Kier alpha value is -2.22. The summed E-state index contributed by atoms with van der Waals surface area (Å²) in [5.74, 6) is 0.323. The zero-order chi connectivity index (χ0) is 12.3. The van der Waals surface area contributed by atoms with Gasteiger partial charge in [-0.1, -0.05) is 36.5 Å². The summed E-state index contributed by atoms with van der Waals surface area (Å²) in [5, 5.41) is 0. The number of hydrogen-bond donors (Lipinski definition) is 1. The Morgan fingerprint density at radius 2 is 1.94 bits per heavy atom. The summed E-state index contributed by atoms with van der Waals surface area (Å²) in [6.45, 7) is 0. The lowest BCUT2D eigenvalue weighted by Crippen LogP contribution is -2.23. The highest BCUT2D eigenvalue weighted by molar-refractivity contribution is 5.68. The van der Waals surface area contributed by atoms with Crippen molar-refractivity contribution < 1.29 is 0 Å². The number of allylic oxidation sites excluding steroid dienone is 12. The lowest BCUT2D eigenvalue weighted by Gasteiger charge is -2.37. The normalized spacial score (nSPS) is 27.8. The van der Waals surface area contributed by atoms with Crippen molar-refractivity contribution in [1.29, 1.82) is 0 Å². The lowest BCUT2D eigenvalue weighted by atomic mass is 9.68. The second kappa shape index (κ2) is 3.16. The van der Waals surface area contributed by atoms with Crippen LogP contribution in [0, 0.1) is 5.92 Å². The van der Waals surface area contributed by atoms with Crippen molar-refractivity contribution in [2.45, 2.75) is 6.42 Å². The molecule has 0 saturated carbocycles. The van der Waals surface area contributed by atoms with Gasteiger partial charge >= 0.3 is 0 Å². The summed E-state index contributed by atoms with van der Waals surface area (Å²) in [5.41, 5.74) is 21.8. The van der Waals surface area contributed by atoms with Crippen molar-refractivity contribution in [3.8, 4) is 0 Å². The molecular weight excluding hydrogens is 220 g/mol. The van der Waals surface area contributed by atoms with E-state index in [0.29, 0.717) is 11.6 Å². The molecule has 2 heteroatoms. The molecular formula is C16H13N2-. The fraction of sp³-hybridized carbons (Fsp3) is 0.125. The Morgan fingerprint density at radius 3 is 2.83 bits per heavy atom. The Morgan fingerprint density at radius 1 is 1.06 bits per heavy atom. The Labute approximate surface area is 106 Å². The predicted octanol–water partition coefficient (Wildman–Crippen LogP) is 3.46. The van der Waals surface area contributed by atoms with Crippen LogP contribution >= 0.6 is 0 Å². The van der Waals surface area contributed by atoms with Crippen LogP contribution in [0.15, 0.2) is 81.8 Å². The molecule has 0 saturated heterocycles. The molecule has 1 atom stereocenters. The highest BCUT2D eigenvalue weighted by atomic mass is 14.6. The summed E-state index contributed by atoms with van der Waals surface area (Å²) in [4.78, 5) is 0. The number of rotatable bonds is 0. The SMILES string of the molecule is [NH-]C1=CC2=CC=C3C=C(N)CC4=C3C2C(=C1)C=C4. The van der Waals surface area contributed by atoms with E-state index >= 15 is 0 Å². The highest BCUT2D eigenvalue weighted by Gasteiger charge is 2.32. The van der Waals surface area contributed by atoms with Crippen LogP contribution in [0.3, 0.4) is 0 Å². The van der Waals surface area contributed by atoms with Gasteiger partial charge in [0, 0.05) is 18.0 Å². The average molecular weight is 233 g/mol. The van der Waals surface area contributed by atoms with Crippen LogP contribution in [0.2, 0.25) is 0 Å². The molecule has 0 amide bonds. The third-order valence-electron chi connectivity index (χ3n) is 3.92. The minimum Gasteiger partial charge on any atom is -0.699 e. The molecule has 0 aromatic rings. The quantitative estimate of drug-likeness (QED) is 0.684. The molecule has 18 heavy (non-hydrogen) atoms. The fourth-order valence-corrected chi connectivity index (χ4v) is 3.23. The summed E-state index contributed by atoms with van der Waals surface area (Å²) in [6, 6.07) is 0. The van der Waals surface area contributed by atoms with E-state index in [-0.39, 0.29) is 0 Å². The van der Waals surface area contributed by atoms with Gasteiger partial charge in [-0.3, -0.25) is 0 Å². The smallest absolute Gasteiger partial charge is 0.0347 e. The minimum absolute atomic E-state index is 0.323. The molecule has 4 aliphatic rings. The van der Waals surface area contributed by atoms with E-state index in [1.165, 1.54) is 27.9 Å². The first kappa shape index (κ1) is 9.77. The van der Waals surface area contributed by atoms with Gasteiger partial charge in [0.2, 0.25) is 0 Å². The molecule has 0 spiro atoms.